The zero-order valence-corrected chi connectivity index (χ0v) is 9.73. The van der Waals surface area contributed by atoms with Crippen molar-refractivity contribution in [1.82, 2.24) is 0 Å². The van der Waals surface area contributed by atoms with Crippen molar-refractivity contribution in [3.63, 3.8) is 0 Å². The fourth-order valence-corrected chi connectivity index (χ4v) is 2.47. The van der Waals surface area contributed by atoms with Crippen molar-refractivity contribution in [2.24, 2.45) is 0 Å². The predicted octanol–water partition coefficient (Wildman–Crippen LogP) is 2.18. The van der Waals surface area contributed by atoms with Gasteiger partial charge in [0.15, 0.2) is 6.61 Å². The number of benzene rings is 1. The van der Waals surface area contributed by atoms with Crippen molar-refractivity contribution >= 4 is 11.0 Å². The summed E-state index contributed by atoms with van der Waals surface area (Å²) in [5.41, 5.74) is 2.21. The molecule has 0 radical (unpaired) electrons. The number of hydrogen-bond acceptors (Lipinski definition) is 4. The SMILES string of the molecule is N#CCOc1ccc2c3c(c(=O)oc2c1)CCC3. The summed E-state index contributed by atoms with van der Waals surface area (Å²) in [5, 5.41) is 9.44. The molecule has 0 saturated carbocycles. The van der Waals surface area contributed by atoms with E-state index in [1.54, 1.807) is 12.1 Å². The van der Waals surface area contributed by atoms with Crippen LogP contribution in [0.4, 0.5) is 0 Å². The first-order valence-electron chi connectivity index (χ1n) is 5.88. The van der Waals surface area contributed by atoms with E-state index in [0.717, 1.165) is 35.8 Å². The first kappa shape index (κ1) is 10.8. The van der Waals surface area contributed by atoms with Crippen LogP contribution < -0.4 is 10.4 Å². The molecule has 4 nitrogen and oxygen atoms in total. The maximum Gasteiger partial charge on any atom is 0.339 e. The Labute approximate surface area is 103 Å². The summed E-state index contributed by atoms with van der Waals surface area (Å²) in [5.74, 6) is 0.546. The van der Waals surface area contributed by atoms with Crippen molar-refractivity contribution < 1.29 is 9.15 Å². The summed E-state index contributed by atoms with van der Waals surface area (Å²) in [7, 11) is 0. The van der Waals surface area contributed by atoms with Crippen LogP contribution in [0.5, 0.6) is 5.75 Å². The lowest BCUT2D eigenvalue weighted by Gasteiger charge is -2.06. The van der Waals surface area contributed by atoms with Gasteiger partial charge in [-0.2, -0.15) is 5.26 Å². The highest BCUT2D eigenvalue weighted by molar-refractivity contribution is 5.83. The second-order valence-electron chi connectivity index (χ2n) is 4.30. The monoisotopic (exact) mass is 241 g/mol. The lowest BCUT2D eigenvalue weighted by Crippen LogP contribution is -2.06. The van der Waals surface area contributed by atoms with Crippen LogP contribution in [0.3, 0.4) is 0 Å². The molecule has 0 aliphatic heterocycles. The molecule has 0 amide bonds. The Kier molecular flexibility index (Phi) is 2.52. The molecule has 0 fully saturated rings. The number of ether oxygens (including phenoxy) is 1. The van der Waals surface area contributed by atoms with Gasteiger partial charge in [-0.15, -0.1) is 0 Å². The molecule has 0 N–H and O–H groups in total. The van der Waals surface area contributed by atoms with Gasteiger partial charge >= 0.3 is 5.63 Å². The Bertz CT molecular complexity index is 709. The summed E-state index contributed by atoms with van der Waals surface area (Å²) in [6.07, 6.45) is 2.74. The van der Waals surface area contributed by atoms with E-state index in [9.17, 15) is 4.79 Å². The number of rotatable bonds is 2. The summed E-state index contributed by atoms with van der Waals surface area (Å²) >= 11 is 0. The van der Waals surface area contributed by atoms with Gasteiger partial charge in [-0.05, 0) is 37.0 Å². The third-order valence-corrected chi connectivity index (χ3v) is 3.25. The smallest absolute Gasteiger partial charge is 0.339 e. The van der Waals surface area contributed by atoms with Crippen LogP contribution in [0, 0.1) is 11.3 Å². The Morgan fingerprint density at radius 2 is 2.17 bits per heavy atom. The van der Waals surface area contributed by atoms with Crippen LogP contribution in [0.1, 0.15) is 17.5 Å². The fourth-order valence-electron chi connectivity index (χ4n) is 2.47. The van der Waals surface area contributed by atoms with Crippen molar-refractivity contribution in [2.75, 3.05) is 6.61 Å². The highest BCUT2D eigenvalue weighted by atomic mass is 16.5. The highest BCUT2D eigenvalue weighted by Crippen LogP contribution is 2.29. The Morgan fingerprint density at radius 1 is 1.33 bits per heavy atom. The van der Waals surface area contributed by atoms with Gasteiger partial charge in [0.05, 0.1) is 0 Å². The van der Waals surface area contributed by atoms with Crippen molar-refractivity contribution in [3.8, 4) is 11.8 Å². The van der Waals surface area contributed by atoms with Gasteiger partial charge in [-0.3, -0.25) is 0 Å². The van der Waals surface area contributed by atoms with E-state index in [-0.39, 0.29) is 12.2 Å². The molecule has 0 spiro atoms. The molecule has 0 atom stereocenters. The molecule has 1 aliphatic carbocycles. The minimum atomic E-state index is -0.243. The van der Waals surface area contributed by atoms with Gasteiger partial charge in [-0.1, -0.05) is 0 Å². The van der Waals surface area contributed by atoms with Gasteiger partial charge < -0.3 is 9.15 Å². The minimum absolute atomic E-state index is 0.0132. The molecule has 1 aromatic carbocycles. The van der Waals surface area contributed by atoms with Crippen LogP contribution in [-0.4, -0.2) is 6.61 Å². The van der Waals surface area contributed by atoms with E-state index in [1.165, 1.54) is 0 Å². The van der Waals surface area contributed by atoms with Gasteiger partial charge in [0, 0.05) is 17.0 Å². The molecule has 18 heavy (non-hydrogen) atoms. The molecule has 1 heterocycles. The van der Waals surface area contributed by atoms with E-state index in [0.29, 0.717) is 11.3 Å². The summed E-state index contributed by atoms with van der Waals surface area (Å²) < 4.78 is 10.5. The standard InChI is InChI=1S/C14H11NO3/c15-6-7-17-9-4-5-11-10-2-1-3-12(10)14(16)18-13(11)8-9/h4-5,8H,1-3,7H2. The van der Waals surface area contributed by atoms with Crippen molar-refractivity contribution in [1.29, 1.82) is 5.26 Å². The largest absolute Gasteiger partial charge is 0.479 e. The topological polar surface area (TPSA) is 63.2 Å². The average molecular weight is 241 g/mol. The Hall–Kier alpha value is -2.28. The molecule has 0 saturated heterocycles. The van der Waals surface area contributed by atoms with E-state index < -0.39 is 0 Å². The third kappa shape index (κ3) is 1.65. The average Bonchev–Trinajstić information content (AvgIpc) is 2.86. The lowest BCUT2D eigenvalue weighted by molar-refractivity contribution is 0.368. The fraction of sp³-hybridized carbons (Fsp3) is 0.286. The van der Waals surface area contributed by atoms with Gasteiger partial charge in [0.1, 0.15) is 17.4 Å². The molecule has 0 bridgehead atoms. The lowest BCUT2D eigenvalue weighted by atomic mass is 10.1. The number of fused-ring (bicyclic) bond motifs is 3. The number of hydrogen-bond donors (Lipinski definition) is 0. The van der Waals surface area contributed by atoms with E-state index >= 15 is 0 Å². The Balaban J connectivity index is 2.16. The second-order valence-corrected chi connectivity index (χ2v) is 4.30. The quantitative estimate of drug-likeness (QED) is 0.756. The van der Waals surface area contributed by atoms with Gasteiger partial charge in [0.25, 0.3) is 0 Å². The number of aryl methyl sites for hydroxylation is 1. The maximum atomic E-state index is 11.8. The van der Waals surface area contributed by atoms with E-state index in [1.807, 2.05) is 12.1 Å². The third-order valence-electron chi connectivity index (χ3n) is 3.25. The molecule has 1 aromatic heterocycles. The zero-order valence-electron chi connectivity index (χ0n) is 9.73. The molecule has 4 heteroatoms. The molecule has 1 aliphatic rings. The summed E-state index contributed by atoms with van der Waals surface area (Å²) in [6, 6.07) is 7.28. The Morgan fingerprint density at radius 3 is 3.00 bits per heavy atom. The predicted molar refractivity (Wildman–Crippen MR) is 65.6 cm³/mol. The second kappa shape index (κ2) is 4.19. The summed E-state index contributed by atoms with van der Waals surface area (Å²) in [4.78, 5) is 11.8. The van der Waals surface area contributed by atoms with Crippen LogP contribution in [0.2, 0.25) is 0 Å². The molecule has 90 valence electrons. The van der Waals surface area contributed by atoms with E-state index in [4.69, 9.17) is 14.4 Å². The molecule has 0 unspecified atom stereocenters. The molecule has 2 aromatic rings. The molecule has 3 rings (SSSR count). The van der Waals surface area contributed by atoms with Crippen LogP contribution >= 0.6 is 0 Å². The molecular formula is C14H11NO3. The van der Waals surface area contributed by atoms with Crippen molar-refractivity contribution in [2.45, 2.75) is 19.3 Å². The first-order chi connectivity index (χ1) is 8.79. The van der Waals surface area contributed by atoms with Gasteiger partial charge in [0.2, 0.25) is 0 Å². The minimum Gasteiger partial charge on any atom is -0.479 e. The highest BCUT2D eigenvalue weighted by Gasteiger charge is 2.19. The van der Waals surface area contributed by atoms with Crippen LogP contribution in [-0.2, 0) is 12.8 Å². The van der Waals surface area contributed by atoms with Crippen LogP contribution in [0.15, 0.2) is 27.4 Å². The molecular weight excluding hydrogens is 230 g/mol. The van der Waals surface area contributed by atoms with Crippen LogP contribution in [0.25, 0.3) is 11.0 Å². The van der Waals surface area contributed by atoms with Gasteiger partial charge in [-0.25, -0.2) is 4.79 Å². The number of nitrogens with zero attached hydrogens (tertiary/aromatic N) is 1. The maximum absolute atomic E-state index is 11.8. The van der Waals surface area contributed by atoms with Crippen molar-refractivity contribution in [3.05, 3.63) is 39.7 Å². The summed E-state index contributed by atoms with van der Waals surface area (Å²) in [6.45, 7) is -0.0132. The zero-order chi connectivity index (χ0) is 12.5. The first-order valence-corrected chi connectivity index (χ1v) is 5.88. The van der Waals surface area contributed by atoms with E-state index in [2.05, 4.69) is 0 Å². The normalized spacial score (nSPS) is 13.3. The number of nitriles is 1.